The lowest BCUT2D eigenvalue weighted by molar-refractivity contribution is 0.171. The number of halogens is 1. The van der Waals surface area contributed by atoms with Gasteiger partial charge in [-0.1, -0.05) is 22.9 Å². The first-order valence-electron chi connectivity index (χ1n) is 5.60. The van der Waals surface area contributed by atoms with Crippen LogP contribution in [-0.2, 0) is 0 Å². The smallest absolute Gasteiger partial charge is 0.0146 e. The minimum atomic E-state index is 0.693. The summed E-state index contributed by atoms with van der Waals surface area (Å²) in [6.07, 6.45) is 2.72. The summed E-state index contributed by atoms with van der Waals surface area (Å²) in [7, 11) is 4.29. The molecule has 1 heterocycles. The third-order valence-electron chi connectivity index (χ3n) is 3.15. The van der Waals surface area contributed by atoms with Gasteiger partial charge in [0.1, 0.15) is 0 Å². The minimum Gasteiger partial charge on any atom is -0.308 e. The topological polar surface area (TPSA) is 6.48 Å². The van der Waals surface area contributed by atoms with E-state index in [4.69, 9.17) is 0 Å². The van der Waals surface area contributed by atoms with Crippen LogP contribution in [0.2, 0.25) is 0 Å². The SMILES string of the molecule is CC(Br)C1CCN(CCN(C)C)CC1. The summed E-state index contributed by atoms with van der Waals surface area (Å²) < 4.78 is 0. The molecule has 14 heavy (non-hydrogen) atoms. The number of hydrogen-bond donors (Lipinski definition) is 0. The van der Waals surface area contributed by atoms with Crippen LogP contribution >= 0.6 is 15.9 Å². The normalized spacial score (nSPS) is 22.9. The predicted molar refractivity (Wildman–Crippen MR) is 66.1 cm³/mol. The molecule has 0 amide bonds. The molecule has 0 aliphatic carbocycles. The minimum absolute atomic E-state index is 0.693. The van der Waals surface area contributed by atoms with E-state index in [0.717, 1.165) is 5.92 Å². The molecule has 1 saturated heterocycles. The lowest BCUT2D eigenvalue weighted by atomic mass is 9.94. The van der Waals surface area contributed by atoms with Gasteiger partial charge in [0, 0.05) is 17.9 Å². The van der Waals surface area contributed by atoms with E-state index in [1.54, 1.807) is 0 Å². The second kappa shape index (κ2) is 6.09. The lowest BCUT2D eigenvalue weighted by Crippen LogP contribution is -2.39. The molecule has 2 nitrogen and oxygen atoms in total. The maximum atomic E-state index is 3.69. The van der Waals surface area contributed by atoms with Crippen LogP contribution in [-0.4, -0.2) is 54.9 Å². The molecule has 0 aromatic carbocycles. The summed E-state index contributed by atoms with van der Waals surface area (Å²) in [5, 5.41) is 0. The van der Waals surface area contributed by atoms with Crippen molar-refractivity contribution < 1.29 is 0 Å². The van der Waals surface area contributed by atoms with E-state index in [0.29, 0.717) is 4.83 Å². The Balaban J connectivity index is 2.16. The Morgan fingerprint density at radius 2 is 1.93 bits per heavy atom. The maximum absolute atomic E-state index is 3.69. The van der Waals surface area contributed by atoms with Gasteiger partial charge in [-0.25, -0.2) is 0 Å². The van der Waals surface area contributed by atoms with Gasteiger partial charge >= 0.3 is 0 Å². The van der Waals surface area contributed by atoms with Crippen molar-refractivity contribution in [1.82, 2.24) is 9.80 Å². The maximum Gasteiger partial charge on any atom is 0.0146 e. The third-order valence-corrected chi connectivity index (χ3v) is 3.89. The van der Waals surface area contributed by atoms with Gasteiger partial charge in [-0.2, -0.15) is 0 Å². The number of likely N-dealkylation sites (N-methyl/N-ethyl adjacent to an activating group) is 1. The molecule has 1 atom stereocenters. The Labute approximate surface area is 96.8 Å². The van der Waals surface area contributed by atoms with Crippen LogP contribution in [0.3, 0.4) is 0 Å². The highest BCUT2D eigenvalue weighted by molar-refractivity contribution is 9.09. The molecule has 1 aliphatic rings. The van der Waals surface area contributed by atoms with Crippen LogP contribution in [0.15, 0.2) is 0 Å². The van der Waals surface area contributed by atoms with Gasteiger partial charge < -0.3 is 9.80 Å². The number of rotatable bonds is 4. The highest BCUT2D eigenvalue weighted by Gasteiger charge is 2.21. The van der Waals surface area contributed by atoms with Gasteiger partial charge in [0.05, 0.1) is 0 Å². The summed E-state index contributed by atoms with van der Waals surface area (Å²) in [5.74, 6) is 0.894. The van der Waals surface area contributed by atoms with Crippen molar-refractivity contribution in [2.75, 3.05) is 40.3 Å². The molecule has 0 spiro atoms. The zero-order chi connectivity index (χ0) is 10.6. The van der Waals surface area contributed by atoms with Crippen LogP contribution in [0.25, 0.3) is 0 Å². The molecule has 0 N–H and O–H groups in total. The fourth-order valence-corrected chi connectivity index (χ4v) is 2.51. The van der Waals surface area contributed by atoms with Crippen molar-refractivity contribution in [2.24, 2.45) is 5.92 Å². The summed E-state index contributed by atoms with van der Waals surface area (Å²) >= 11 is 3.69. The summed E-state index contributed by atoms with van der Waals surface area (Å²) in [5.41, 5.74) is 0. The van der Waals surface area contributed by atoms with Crippen LogP contribution in [0.4, 0.5) is 0 Å². The van der Waals surface area contributed by atoms with E-state index < -0.39 is 0 Å². The van der Waals surface area contributed by atoms with Gasteiger partial charge in [0.2, 0.25) is 0 Å². The first-order chi connectivity index (χ1) is 6.59. The van der Waals surface area contributed by atoms with E-state index in [2.05, 4.69) is 46.7 Å². The molecule has 3 heteroatoms. The standard InChI is InChI=1S/C11H23BrN2/c1-10(12)11-4-6-14(7-5-11)9-8-13(2)3/h10-11H,4-9H2,1-3H3. The lowest BCUT2D eigenvalue weighted by Gasteiger charge is -2.33. The molecular formula is C11H23BrN2. The molecule has 0 bridgehead atoms. The number of alkyl halides is 1. The van der Waals surface area contributed by atoms with E-state index in [1.807, 2.05) is 0 Å². The Kier molecular flexibility index (Phi) is 5.42. The zero-order valence-electron chi connectivity index (χ0n) is 9.67. The Hall–Kier alpha value is 0.400. The summed E-state index contributed by atoms with van der Waals surface area (Å²) in [4.78, 5) is 5.55. The molecule has 0 aromatic heterocycles. The average Bonchev–Trinajstić information content (AvgIpc) is 2.15. The van der Waals surface area contributed by atoms with Crippen LogP contribution in [0.5, 0.6) is 0 Å². The Morgan fingerprint density at radius 1 is 1.36 bits per heavy atom. The number of likely N-dealkylation sites (tertiary alicyclic amines) is 1. The molecule has 0 aromatic rings. The first-order valence-corrected chi connectivity index (χ1v) is 6.52. The van der Waals surface area contributed by atoms with Crippen molar-refractivity contribution in [2.45, 2.75) is 24.6 Å². The molecule has 1 fully saturated rings. The molecule has 84 valence electrons. The van der Waals surface area contributed by atoms with E-state index in [9.17, 15) is 0 Å². The fourth-order valence-electron chi connectivity index (χ4n) is 1.98. The van der Waals surface area contributed by atoms with Gasteiger partial charge in [0.25, 0.3) is 0 Å². The van der Waals surface area contributed by atoms with Crippen molar-refractivity contribution in [3.8, 4) is 0 Å². The van der Waals surface area contributed by atoms with Crippen molar-refractivity contribution in [3.05, 3.63) is 0 Å². The molecule has 1 rings (SSSR count). The average molecular weight is 263 g/mol. The Bertz CT molecular complexity index is 151. The quantitative estimate of drug-likeness (QED) is 0.716. The molecule has 1 unspecified atom stereocenters. The molecule has 0 saturated carbocycles. The Morgan fingerprint density at radius 3 is 2.36 bits per heavy atom. The molecule has 0 radical (unpaired) electrons. The van der Waals surface area contributed by atoms with E-state index >= 15 is 0 Å². The monoisotopic (exact) mass is 262 g/mol. The van der Waals surface area contributed by atoms with Crippen LogP contribution in [0, 0.1) is 5.92 Å². The second-order valence-corrected chi connectivity index (χ2v) is 6.10. The highest BCUT2D eigenvalue weighted by atomic mass is 79.9. The van der Waals surface area contributed by atoms with Gasteiger partial charge in [-0.15, -0.1) is 0 Å². The van der Waals surface area contributed by atoms with E-state index in [1.165, 1.54) is 39.0 Å². The zero-order valence-corrected chi connectivity index (χ0v) is 11.3. The van der Waals surface area contributed by atoms with Crippen LogP contribution in [0.1, 0.15) is 19.8 Å². The third kappa shape index (κ3) is 4.28. The number of nitrogens with zero attached hydrogens (tertiary/aromatic N) is 2. The van der Waals surface area contributed by atoms with Gasteiger partial charge in [0.15, 0.2) is 0 Å². The van der Waals surface area contributed by atoms with Gasteiger partial charge in [-0.05, 0) is 45.9 Å². The van der Waals surface area contributed by atoms with Crippen LogP contribution < -0.4 is 0 Å². The highest BCUT2D eigenvalue weighted by Crippen LogP contribution is 2.24. The van der Waals surface area contributed by atoms with E-state index in [-0.39, 0.29) is 0 Å². The van der Waals surface area contributed by atoms with Gasteiger partial charge in [-0.3, -0.25) is 0 Å². The predicted octanol–water partition coefficient (Wildman–Crippen LogP) is 2.04. The van der Waals surface area contributed by atoms with Crippen molar-refractivity contribution >= 4 is 15.9 Å². The summed E-state index contributed by atoms with van der Waals surface area (Å²) in [6.45, 7) is 7.27. The van der Waals surface area contributed by atoms with Crippen molar-refractivity contribution in [3.63, 3.8) is 0 Å². The second-order valence-electron chi connectivity index (χ2n) is 4.66. The number of piperidine rings is 1. The first kappa shape index (κ1) is 12.5. The summed E-state index contributed by atoms with van der Waals surface area (Å²) in [6, 6.07) is 0. The largest absolute Gasteiger partial charge is 0.308 e. The van der Waals surface area contributed by atoms with Crippen molar-refractivity contribution in [1.29, 1.82) is 0 Å². The molecular weight excluding hydrogens is 240 g/mol. The fraction of sp³-hybridized carbons (Fsp3) is 1.00. The molecule has 1 aliphatic heterocycles. The number of hydrogen-bond acceptors (Lipinski definition) is 2.